The highest BCUT2D eigenvalue weighted by Crippen LogP contribution is 2.27. The number of hydrogen-bond donors (Lipinski definition) is 0. The van der Waals surface area contributed by atoms with Crippen LogP contribution >= 0.6 is 15.9 Å². The van der Waals surface area contributed by atoms with Crippen molar-refractivity contribution in [3.05, 3.63) is 35.9 Å². The lowest BCUT2D eigenvalue weighted by atomic mass is 9.91. The largest absolute Gasteiger partial charge is 0.460 e. The summed E-state index contributed by atoms with van der Waals surface area (Å²) in [6.45, 7) is 4.10. The molecule has 120 valence electrons. The number of rotatable bonds is 7. The van der Waals surface area contributed by atoms with E-state index in [2.05, 4.69) is 22.9 Å². The maximum atomic E-state index is 12.0. The Hall–Kier alpha value is -1.20. The smallest absolute Gasteiger partial charge is 0.320 e. The standard InChI is InChI=1S/C17H22BrNO3/c1-2-14-9-19(10-15(14)16(20)8-18)11-17(21)22-12-13-6-4-3-5-7-13/h3-7,14-15H,2,8-12H2,1H3/t14-,15?/m1/s1. The van der Waals surface area contributed by atoms with Gasteiger partial charge in [-0.15, -0.1) is 0 Å². The number of esters is 1. The van der Waals surface area contributed by atoms with Gasteiger partial charge in [-0.2, -0.15) is 0 Å². The first kappa shape index (κ1) is 17.2. The van der Waals surface area contributed by atoms with Crippen molar-refractivity contribution >= 4 is 27.7 Å². The SMILES string of the molecule is CC[C@@H]1CN(CC(=O)OCc2ccccc2)CC1C(=O)CBr. The van der Waals surface area contributed by atoms with E-state index in [1.165, 1.54) is 0 Å². The molecule has 2 rings (SSSR count). The van der Waals surface area contributed by atoms with Gasteiger partial charge in [-0.1, -0.05) is 59.6 Å². The van der Waals surface area contributed by atoms with Gasteiger partial charge in [-0.25, -0.2) is 0 Å². The van der Waals surface area contributed by atoms with Crippen LogP contribution in [0.5, 0.6) is 0 Å². The van der Waals surface area contributed by atoms with E-state index in [-0.39, 0.29) is 24.2 Å². The minimum Gasteiger partial charge on any atom is -0.460 e. The van der Waals surface area contributed by atoms with E-state index in [1.54, 1.807) is 0 Å². The van der Waals surface area contributed by atoms with E-state index in [9.17, 15) is 9.59 Å². The Balaban J connectivity index is 1.81. The van der Waals surface area contributed by atoms with Gasteiger partial charge in [0, 0.05) is 19.0 Å². The van der Waals surface area contributed by atoms with Crippen LogP contribution in [-0.4, -0.2) is 41.6 Å². The number of Topliss-reactive ketones (excluding diaryl/α,β-unsaturated/α-hetero) is 1. The zero-order valence-corrected chi connectivity index (χ0v) is 14.4. The van der Waals surface area contributed by atoms with Crippen molar-refractivity contribution in [2.45, 2.75) is 20.0 Å². The molecular formula is C17H22BrNO3. The first-order valence-electron chi connectivity index (χ1n) is 7.64. The number of carbonyl (C=O) groups excluding carboxylic acids is 2. The van der Waals surface area contributed by atoms with E-state index >= 15 is 0 Å². The highest BCUT2D eigenvalue weighted by molar-refractivity contribution is 9.09. The number of carbonyl (C=O) groups is 2. The van der Waals surface area contributed by atoms with Crippen LogP contribution in [-0.2, 0) is 20.9 Å². The molecule has 1 saturated heterocycles. The minimum absolute atomic E-state index is 0.0336. The van der Waals surface area contributed by atoms with Crippen molar-refractivity contribution in [2.24, 2.45) is 11.8 Å². The molecule has 0 aliphatic carbocycles. The number of ether oxygens (including phenoxy) is 1. The number of alkyl halides is 1. The first-order valence-corrected chi connectivity index (χ1v) is 8.76. The fourth-order valence-electron chi connectivity index (χ4n) is 2.93. The van der Waals surface area contributed by atoms with Crippen molar-refractivity contribution in [2.75, 3.05) is 25.0 Å². The van der Waals surface area contributed by atoms with Crippen LogP contribution < -0.4 is 0 Å². The molecule has 1 aliphatic heterocycles. The number of likely N-dealkylation sites (tertiary alicyclic amines) is 1. The second-order valence-electron chi connectivity index (χ2n) is 5.72. The van der Waals surface area contributed by atoms with Gasteiger partial charge in [-0.3, -0.25) is 14.5 Å². The van der Waals surface area contributed by atoms with Gasteiger partial charge >= 0.3 is 5.97 Å². The molecule has 1 aromatic rings. The summed E-state index contributed by atoms with van der Waals surface area (Å²) < 4.78 is 5.31. The maximum Gasteiger partial charge on any atom is 0.320 e. The Labute approximate surface area is 140 Å². The van der Waals surface area contributed by atoms with Crippen molar-refractivity contribution < 1.29 is 14.3 Å². The van der Waals surface area contributed by atoms with Gasteiger partial charge in [0.25, 0.3) is 0 Å². The molecule has 5 heteroatoms. The van der Waals surface area contributed by atoms with Gasteiger partial charge in [0.05, 0.1) is 11.9 Å². The van der Waals surface area contributed by atoms with Crippen LogP contribution in [0, 0.1) is 11.8 Å². The van der Waals surface area contributed by atoms with Crippen LogP contribution in [0.15, 0.2) is 30.3 Å². The van der Waals surface area contributed by atoms with Crippen molar-refractivity contribution in [3.8, 4) is 0 Å². The highest BCUT2D eigenvalue weighted by Gasteiger charge is 2.36. The average molecular weight is 368 g/mol. The van der Waals surface area contributed by atoms with Gasteiger partial charge in [0.15, 0.2) is 0 Å². The summed E-state index contributed by atoms with van der Waals surface area (Å²) in [5.41, 5.74) is 0.982. The van der Waals surface area contributed by atoms with Gasteiger partial charge in [0.1, 0.15) is 12.4 Å². The molecule has 1 aromatic carbocycles. The van der Waals surface area contributed by atoms with Crippen LogP contribution in [0.4, 0.5) is 0 Å². The molecule has 0 N–H and O–H groups in total. The van der Waals surface area contributed by atoms with E-state index in [0.717, 1.165) is 18.5 Å². The molecule has 0 radical (unpaired) electrons. The second-order valence-corrected chi connectivity index (χ2v) is 6.28. The third kappa shape index (κ3) is 4.65. The van der Waals surface area contributed by atoms with Crippen LogP contribution in [0.2, 0.25) is 0 Å². The summed E-state index contributed by atoms with van der Waals surface area (Å²) in [7, 11) is 0. The van der Waals surface area contributed by atoms with E-state index in [4.69, 9.17) is 4.74 Å². The molecule has 1 heterocycles. The van der Waals surface area contributed by atoms with Crippen LogP contribution in [0.3, 0.4) is 0 Å². The lowest BCUT2D eigenvalue weighted by Crippen LogP contribution is -2.30. The third-order valence-electron chi connectivity index (χ3n) is 4.18. The van der Waals surface area contributed by atoms with Gasteiger partial charge in [-0.05, 0) is 11.5 Å². The zero-order chi connectivity index (χ0) is 15.9. The molecule has 0 bridgehead atoms. The average Bonchev–Trinajstić information content (AvgIpc) is 2.96. The fourth-order valence-corrected chi connectivity index (χ4v) is 3.35. The third-order valence-corrected chi connectivity index (χ3v) is 4.73. The topological polar surface area (TPSA) is 46.6 Å². The number of ketones is 1. The lowest BCUT2D eigenvalue weighted by Gasteiger charge is -2.14. The summed E-state index contributed by atoms with van der Waals surface area (Å²) in [6.07, 6.45) is 0.957. The summed E-state index contributed by atoms with van der Waals surface area (Å²) >= 11 is 3.24. The summed E-state index contributed by atoms with van der Waals surface area (Å²) in [6, 6.07) is 9.64. The number of hydrogen-bond acceptors (Lipinski definition) is 4. The van der Waals surface area contributed by atoms with E-state index in [0.29, 0.717) is 24.4 Å². The molecule has 0 spiro atoms. The minimum atomic E-state index is -0.231. The Bertz CT molecular complexity index is 506. The summed E-state index contributed by atoms with van der Waals surface area (Å²) in [5, 5.41) is 0.389. The van der Waals surface area contributed by atoms with Gasteiger partial charge in [0.2, 0.25) is 0 Å². The van der Waals surface area contributed by atoms with Crippen LogP contribution in [0.1, 0.15) is 18.9 Å². The van der Waals surface area contributed by atoms with E-state index in [1.807, 2.05) is 35.2 Å². The Kier molecular flexibility index (Phi) is 6.58. The highest BCUT2D eigenvalue weighted by atomic mass is 79.9. The molecule has 0 aromatic heterocycles. The number of benzene rings is 1. The molecule has 22 heavy (non-hydrogen) atoms. The molecule has 0 saturated carbocycles. The fraction of sp³-hybridized carbons (Fsp3) is 0.529. The van der Waals surface area contributed by atoms with Crippen molar-refractivity contribution in [3.63, 3.8) is 0 Å². The van der Waals surface area contributed by atoms with Crippen molar-refractivity contribution in [1.82, 2.24) is 4.90 Å². The summed E-state index contributed by atoms with van der Waals surface area (Å²) in [4.78, 5) is 25.9. The van der Waals surface area contributed by atoms with Crippen molar-refractivity contribution in [1.29, 1.82) is 0 Å². The predicted molar refractivity (Wildman–Crippen MR) is 88.8 cm³/mol. The molecular weight excluding hydrogens is 346 g/mol. The molecule has 4 nitrogen and oxygen atoms in total. The number of nitrogens with zero attached hydrogens (tertiary/aromatic N) is 1. The monoisotopic (exact) mass is 367 g/mol. The summed E-state index contributed by atoms with van der Waals surface area (Å²) in [5.74, 6) is 0.371. The van der Waals surface area contributed by atoms with Gasteiger partial charge < -0.3 is 4.74 Å². The maximum absolute atomic E-state index is 12.0. The molecule has 1 aliphatic rings. The molecule has 1 fully saturated rings. The molecule has 2 atom stereocenters. The Morgan fingerprint density at radius 1 is 1.27 bits per heavy atom. The predicted octanol–water partition coefficient (Wildman–Crippen LogP) is 2.65. The van der Waals surface area contributed by atoms with E-state index < -0.39 is 0 Å². The normalized spacial score (nSPS) is 21.7. The Morgan fingerprint density at radius 2 is 2.00 bits per heavy atom. The lowest BCUT2D eigenvalue weighted by molar-refractivity contribution is -0.146. The molecule has 1 unspecified atom stereocenters. The van der Waals surface area contributed by atoms with Crippen LogP contribution in [0.25, 0.3) is 0 Å². The zero-order valence-electron chi connectivity index (χ0n) is 12.8. The molecule has 0 amide bonds. The second kappa shape index (κ2) is 8.44. The Morgan fingerprint density at radius 3 is 2.64 bits per heavy atom. The number of halogens is 1. The first-order chi connectivity index (χ1) is 10.6. The quantitative estimate of drug-likeness (QED) is 0.548.